The molecule has 0 saturated carbocycles. The molecule has 1 atom stereocenters. The van der Waals surface area contributed by atoms with E-state index in [-0.39, 0.29) is 6.04 Å². The molecule has 1 aromatic heterocycles. The van der Waals surface area contributed by atoms with Crippen molar-refractivity contribution in [2.75, 3.05) is 26.0 Å². The van der Waals surface area contributed by atoms with Crippen molar-refractivity contribution in [3.8, 4) is 0 Å². The zero-order valence-electron chi connectivity index (χ0n) is 13.6. The topological polar surface area (TPSA) is 41.6 Å². The maximum absolute atomic E-state index is 5.51. The largest absolute Gasteiger partial charge is 0.463 e. The third kappa shape index (κ3) is 4.58. The SMILES string of the molecule is Cc1cc(C)cc(NC(=S)NC[C@@H](c2ccco2)[NH+](C)C)c1. The number of anilines is 1. The minimum atomic E-state index is 0.217. The molecular weight excluding hydrogens is 294 g/mol. The third-order valence-electron chi connectivity index (χ3n) is 3.53. The van der Waals surface area contributed by atoms with Crippen LogP contribution in [0, 0.1) is 13.8 Å². The summed E-state index contributed by atoms with van der Waals surface area (Å²) in [4.78, 5) is 1.29. The van der Waals surface area contributed by atoms with Crippen LogP contribution in [0.5, 0.6) is 0 Å². The number of rotatable bonds is 5. The van der Waals surface area contributed by atoms with Crippen LogP contribution < -0.4 is 15.5 Å². The minimum Gasteiger partial charge on any atom is -0.463 e. The van der Waals surface area contributed by atoms with Crippen molar-refractivity contribution >= 4 is 23.0 Å². The number of quaternary nitrogens is 1. The lowest BCUT2D eigenvalue weighted by Crippen LogP contribution is -3.07. The molecule has 0 saturated heterocycles. The molecule has 0 bridgehead atoms. The normalized spacial score (nSPS) is 12.2. The smallest absolute Gasteiger partial charge is 0.171 e. The van der Waals surface area contributed by atoms with Crippen LogP contribution in [0.4, 0.5) is 5.69 Å². The van der Waals surface area contributed by atoms with Gasteiger partial charge in [-0.2, -0.15) is 0 Å². The Hall–Kier alpha value is -1.85. The first kappa shape index (κ1) is 16.5. The molecule has 1 heterocycles. The Balaban J connectivity index is 1.94. The highest BCUT2D eigenvalue weighted by atomic mass is 32.1. The molecule has 2 aromatic rings. The van der Waals surface area contributed by atoms with Crippen LogP contribution in [0.15, 0.2) is 41.0 Å². The quantitative estimate of drug-likeness (QED) is 0.738. The van der Waals surface area contributed by atoms with Crippen LogP contribution in [-0.4, -0.2) is 25.8 Å². The number of hydrogen-bond acceptors (Lipinski definition) is 2. The Morgan fingerprint density at radius 2 is 1.91 bits per heavy atom. The summed E-state index contributed by atoms with van der Waals surface area (Å²) in [6.07, 6.45) is 1.71. The van der Waals surface area contributed by atoms with Gasteiger partial charge in [0, 0.05) is 5.69 Å². The van der Waals surface area contributed by atoms with Crippen molar-refractivity contribution in [3.05, 3.63) is 53.5 Å². The highest BCUT2D eigenvalue weighted by Crippen LogP contribution is 2.14. The Kier molecular flexibility index (Phi) is 5.57. The standard InChI is InChI=1S/C17H23N3OS/c1-12-8-13(2)10-14(9-12)19-17(22)18-11-15(20(3)4)16-6-5-7-21-16/h5-10,15H,11H2,1-4H3,(H2,18,19,22)/p+1/t15-/m0/s1. The van der Waals surface area contributed by atoms with E-state index in [9.17, 15) is 0 Å². The molecule has 0 aliphatic rings. The van der Waals surface area contributed by atoms with E-state index in [4.69, 9.17) is 16.6 Å². The molecule has 4 nitrogen and oxygen atoms in total. The molecule has 5 heteroatoms. The molecule has 22 heavy (non-hydrogen) atoms. The number of hydrogen-bond donors (Lipinski definition) is 3. The summed E-state index contributed by atoms with van der Waals surface area (Å²) in [5, 5.41) is 7.15. The summed E-state index contributed by atoms with van der Waals surface area (Å²) in [6, 6.07) is 10.4. The molecule has 1 aromatic carbocycles. The monoisotopic (exact) mass is 318 g/mol. The third-order valence-corrected chi connectivity index (χ3v) is 3.78. The fourth-order valence-electron chi connectivity index (χ4n) is 2.50. The van der Waals surface area contributed by atoms with Gasteiger partial charge in [0.1, 0.15) is 0 Å². The molecule has 0 aliphatic carbocycles. The first-order valence-corrected chi connectivity index (χ1v) is 7.83. The molecule has 2 rings (SSSR count). The highest BCUT2D eigenvalue weighted by Gasteiger charge is 2.20. The minimum absolute atomic E-state index is 0.217. The van der Waals surface area contributed by atoms with Crippen molar-refractivity contribution in [1.29, 1.82) is 0 Å². The van der Waals surface area contributed by atoms with Gasteiger partial charge in [-0.05, 0) is 61.5 Å². The van der Waals surface area contributed by atoms with Crippen molar-refractivity contribution in [2.45, 2.75) is 19.9 Å². The summed E-state index contributed by atoms with van der Waals surface area (Å²) in [7, 11) is 4.21. The molecule has 0 radical (unpaired) electrons. The number of furan rings is 1. The molecule has 3 N–H and O–H groups in total. The maximum atomic E-state index is 5.51. The van der Waals surface area contributed by atoms with Gasteiger partial charge in [0.2, 0.25) is 0 Å². The number of aryl methyl sites for hydroxylation is 2. The predicted octanol–water partition coefficient (Wildman–Crippen LogP) is 2.07. The zero-order chi connectivity index (χ0) is 16.1. The number of likely N-dealkylation sites (N-methyl/N-ethyl adjacent to an activating group) is 1. The van der Waals surface area contributed by atoms with Gasteiger partial charge in [-0.25, -0.2) is 0 Å². The van der Waals surface area contributed by atoms with Gasteiger partial charge in [0.25, 0.3) is 0 Å². The molecule has 0 unspecified atom stereocenters. The lowest BCUT2D eigenvalue weighted by Gasteiger charge is -2.21. The Morgan fingerprint density at radius 3 is 2.45 bits per heavy atom. The first-order chi connectivity index (χ1) is 10.5. The molecule has 0 amide bonds. The van der Waals surface area contributed by atoms with E-state index >= 15 is 0 Å². The Labute approximate surface area is 137 Å². The zero-order valence-corrected chi connectivity index (χ0v) is 14.4. The number of thiocarbonyl (C=S) groups is 1. The number of benzene rings is 1. The van der Waals surface area contributed by atoms with Crippen LogP contribution in [-0.2, 0) is 0 Å². The summed E-state index contributed by atoms with van der Waals surface area (Å²) in [6.45, 7) is 4.88. The van der Waals surface area contributed by atoms with E-state index in [0.717, 1.165) is 11.4 Å². The van der Waals surface area contributed by atoms with Crippen molar-refractivity contribution in [1.82, 2.24) is 5.32 Å². The van der Waals surface area contributed by atoms with Crippen LogP contribution in [0.25, 0.3) is 0 Å². The molecule has 0 fully saturated rings. The Morgan fingerprint density at radius 1 is 1.23 bits per heavy atom. The van der Waals surface area contributed by atoms with Gasteiger partial charge in [-0.15, -0.1) is 0 Å². The van der Waals surface area contributed by atoms with E-state index in [2.05, 4.69) is 56.8 Å². The number of nitrogens with one attached hydrogen (secondary N) is 3. The Bertz CT molecular complexity index is 603. The van der Waals surface area contributed by atoms with Crippen LogP contribution in [0.1, 0.15) is 22.9 Å². The highest BCUT2D eigenvalue weighted by molar-refractivity contribution is 7.80. The van der Waals surface area contributed by atoms with Crippen LogP contribution in [0.3, 0.4) is 0 Å². The van der Waals surface area contributed by atoms with Gasteiger partial charge in [0.15, 0.2) is 16.9 Å². The predicted molar refractivity (Wildman–Crippen MR) is 94.4 cm³/mol. The van der Waals surface area contributed by atoms with Crippen molar-refractivity contribution < 1.29 is 9.32 Å². The summed E-state index contributed by atoms with van der Waals surface area (Å²) in [5.74, 6) is 0.960. The maximum Gasteiger partial charge on any atom is 0.171 e. The van der Waals surface area contributed by atoms with Gasteiger partial charge in [0.05, 0.1) is 26.9 Å². The van der Waals surface area contributed by atoms with Crippen LogP contribution >= 0.6 is 12.2 Å². The second-order valence-corrected chi connectivity index (χ2v) is 6.27. The van der Waals surface area contributed by atoms with Crippen LogP contribution in [0.2, 0.25) is 0 Å². The summed E-state index contributed by atoms with van der Waals surface area (Å²) < 4.78 is 5.51. The van der Waals surface area contributed by atoms with Crippen molar-refractivity contribution in [2.24, 2.45) is 0 Å². The summed E-state index contributed by atoms with van der Waals surface area (Å²) >= 11 is 5.39. The average molecular weight is 318 g/mol. The molecular formula is C17H24N3OS+. The molecule has 118 valence electrons. The first-order valence-electron chi connectivity index (χ1n) is 7.42. The lowest BCUT2D eigenvalue weighted by molar-refractivity contribution is -0.891. The van der Waals surface area contributed by atoms with Gasteiger partial charge in [-0.1, -0.05) is 6.07 Å². The molecule has 0 spiro atoms. The average Bonchev–Trinajstić information content (AvgIpc) is 2.91. The van der Waals surface area contributed by atoms with E-state index in [1.807, 2.05) is 12.1 Å². The van der Waals surface area contributed by atoms with Gasteiger partial charge < -0.3 is 20.0 Å². The van der Waals surface area contributed by atoms with Gasteiger partial charge in [-0.3, -0.25) is 0 Å². The lowest BCUT2D eigenvalue weighted by atomic mass is 10.1. The van der Waals surface area contributed by atoms with E-state index in [1.165, 1.54) is 16.0 Å². The summed E-state index contributed by atoms with van der Waals surface area (Å²) in [5.41, 5.74) is 3.45. The van der Waals surface area contributed by atoms with Crippen molar-refractivity contribution in [3.63, 3.8) is 0 Å². The fourth-order valence-corrected chi connectivity index (χ4v) is 2.70. The van der Waals surface area contributed by atoms with E-state index in [0.29, 0.717) is 11.7 Å². The van der Waals surface area contributed by atoms with E-state index < -0.39 is 0 Å². The fraction of sp³-hybridized carbons (Fsp3) is 0.353. The second-order valence-electron chi connectivity index (χ2n) is 5.86. The second kappa shape index (κ2) is 7.42. The molecule has 0 aliphatic heterocycles. The van der Waals surface area contributed by atoms with Gasteiger partial charge >= 0.3 is 0 Å². The van der Waals surface area contributed by atoms with E-state index in [1.54, 1.807) is 6.26 Å².